The van der Waals surface area contributed by atoms with Crippen molar-refractivity contribution in [3.8, 4) is 11.5 Å². The number of aliphatic hydroxyl groups excluding tert-OH is 2. The van der Waals surface area contributed by atoms with Gasteiger partial charge in [0.1, 0.15) is 60.3 Å². The van der Waals surface area contributed by atoms with Gasteiger partial charge in [0.25, 0.3) is 11.8 Å². The van der Waals surface area contributed by atoms with Crippen molar-refractivity contribution < 1.29 is 62.4 Å². The monoisotopic (exact) mass is 937 g/mol. The second-order valence-electron chi connectivity index (χ2n) is 17.0. The maximum absolute atomic E-state index is 14.2. The number of carbonyl (C=O) groups is 2. The normalized spacial score (nSPS) is 25.6. The van der Waals surface area contributed by atoms with Crippen molar-refractivity contribution in [3.05, 3.63) is 203 Å². The smallest absolute Gasteiger partial charge is 0.262 e. The molecule has 0 bridgehead atoms. The summed E-state index contributed by atoms with van der Waals surface area (Å²) in [6.07, 6.45) is -10.8. The van der Waals surface area contributed by atoms with E-state index in [0.717, 1.165) is 27.2 Å². The van der Waals surface area contributed by atoms with Gasteiger partial charge in [-0.05, 0) is 58.7 Å². The van der Waals surface area contributed by atoms with Crippen molar-refractivity contribution in [3.63, 3.8) is 0 Å². The minimum atomic E-state index is -1.52. The topological polar surface area (TPSA) is 161 Å². The molecule has 6 aromatic rings. The van der Waals surface area contributed by atoms with Gasteiger partial charge >= 0.3 is 0 Å². The summed E-state index contributed by atoms with van der Waals surface area (Å²) in [7, 11) is 1.54. The Bertz CT molecular complexity index is 2520. The van der Waals surface area contributed by atoms with E-state index in [0.29, 0.717) is 11.5 Å². The Morgan fingerprint density at radius 2 is 0.913 bits per heavy atom. The fraction of sp³-hybridized carbons (Fsp3) is 0.309. The van der Waals surface area contributed by atoms with Gasteiger partial charge < -0.3 is 52.8 Å². The van der Waals surface area contributed by atoms with Gasteiger partial charge in [-0.25, -0.2) is 0 Å². The molecule has 9 rings (SSSR count). The number of benzene rings is 6. The van der Waals surface area contributed by atoms with Crippen LogP contribution in [0.25, 0.3) is 0 Å². The molecule has 69 heavy (non-hydrogen) atoms. The second kappa shape index (κ2) is 22.9. The average Bonchev–Trinajstić information content (AvgIpc) is 3.64. The molecule has 2 amide bonds. The lowest BCUT2D eigenvalue weighted by atomic mass is 9.94. The zero-order valence-corrected chi connectivity index (χ0v) is 38.0. The number of fused-ring (bicyclic) bond motifs is 1. The van der Waals surface area contributed by atoms with Gasteiger partial charge in [-0.3, -0.25) is 14.5 Å². The van der Waals surface area contributed by atoms with E-state index < -0.39 is 73.2 Å². The summed E-state index contributed by atoms with van der Waals surface area (Å²) in [5.74, 6) is -0.284. The molecule has 0 saturated carbocycles. The van der Waals surface area contributed by atoms with Gasteiger partial charge in [-0.2, -0.15) is 0 Å². The maximum atomic E-state index is 14.2. The van der Waals surface area contributed by atoms with Crippen LogP contribution in [-0.2, 0) is 59.6 Å². The standard InChI is InChI=1S/C55H55NO13/c1-61-40-26-28-41(29-27-40)67-54-46(56-52(59)42-24-14-15-25-43(42)53(56)60)50(64-32-38-20-10-4-11-21-38)47(57)44(68-54)35-66-55-48(58)51(65-33-39-22-12-5-13-23-39)49(63-31-37-18-8-3-9-19-37)45(69-55)34-62-30-36-16-6-2-7-17-36/h2-29,44-51,54-55,57-58H,30-35H2,1H3/t44-,45-,46-,47-,48+,49-,50-,51-,54-,55-/m1/s1. The molecule has 3 aliphatic rings. The Balaban J connectivity index is 1.01. The SMILES string of the molecule is COc1ccc(O[C@@H]2O[C@H](CO[C@@H]3O[C@H](COCc4ccccc4)[C@@H](OCc4ccccc4)[C@H](OCc4ccccc4)[C@@H]3O)[C@@H](O)[C@H](OCc3ccccc3)[C@H]2N2C(=O)c3ccccc3C2=O)cc1. The number of imide groups is 1. The van der Waals surface area contributed by atoms with E-state index in [-0.39, 0.29) is 50.8 Å². The Morgan fingerprint density at radius 3 is 1.43 bits per heavy atom. The van der Waals surface area contributed by atoms with Crippen LogP contribution in [0.5, 0.6) is 11.5 Å². The molecule has 3 heterocycles. The van der Waals surface area contributed by atoms with E-state index in [1.165, 1.54) is 0 Å². The predicted octanol–water partition coefficient (Wildman–Crippen LogP) is 6.90. The summed E-state index contributed by atoms with van der Waals surface area (Å²) >= 11 is 0. The number of carbonyl (C=O) groups excluding carboxylic acids is 2. The lowest BCUT2D eigenvalue weighted by Crippen LogP contribution is -2.67. The Morgan fingerprint density at radius 1 is 0.464 bits per heavy atom. The first-order chi connectivity index (χ1) is 33.8. The molecule has 14 nitrogen and oxygen atoms in total. The molecule has 3 aliphatic heterocycles. The molecule has 6 aromatic carbocycles. The summed E-state index contributed by atoms with van der Waals surface area (Å²) in [5, 5.41) is 24.6. The Hall–Kier alpha value is -6.30. The van der Waals surface area contributed by atoms with Crippen LogP contribution in [0.4, 0.5) is 0 Å². The molecule has 0 aromatic heterocycles. The number of hydrogen-bond acceptors (Lipinski definition) is 13. The van der Waals surface area contributed by atoms with E-state index in [2.05, 4.69) is 0 Å². The molecular formula is C55H55NO13. The third-order valence-corrected chi connectivity index (χ3v) is 12.4. The van der Waals surface area contributed by atoms with Crippen LogP contribution in [-0.4, -0.2) is 109 Å². The summed E-state index contributed by atoms with van der Waals surface area (Å²) in [6.45, 7) is 0.307. The minimum Gasteiger partial charge on any atom is -0.497 e. The molecule has 0 spiro atoms. The third kappa shape index (κ3) is 11.4. The van der Waals surface area contributed by atoms with E-state index >= 15 is 0 Å². The molecule has 358 valence electrons. The van der Waals surface area contributed by atoms with Crippen molar-refractivity contribution in [2.45, 2.75) is 87.8 Å². The second-order valence-corrected chi connectivity index (χ2v) is 17.0. The van der Waals surface area contributed by atoms with Crippen LogP contribution < -0.4 is 9.47 Å². The van der Waals surface area contributed by atoms with Crippen LogP contribution in [0.15, 0.2) is 170 Å². The molecular weight excluding hydrogens is 883 g/mol. The highest BCUT2D eigenvalue weighted by Crippen LogP contribution is 2.37. The summed E-state index contributed by atoms with van der Waals surface area (Å²) in [4.78, 5) is 29.5. The molecule has 10 atom stereocenters. The van der Waals surface area contributed by atoms with Gasteiger partial charge in [-0.15, -0.1) is 0 Å². The molecule has 0 aliphatic carbocycles. The summed E-state index contributed by atoms with van der Waals surface area (Å²) in [6, 6.07) is 50.2. The summed E-state index contributed by atoms with van der Waals surface area (Å²) in [5.41, 5.74) is 3.93. The summed E-state index contributed by atoms with van der Waals surface area (Å²) < 4.78 is 57.4. The first-order valence-corrected chi connectivity index (χ1v) is 23.0. The number of hydrogen-bond donors (Lipinski definition) is 2. The number of nitrogens with zero attached hydrogens (tertiary/aromatic N) is 1. The van der Waals surface area contributed by atoms with E-state index in [1.54, 1.807) is 55.6 Å². The first-order valence-electron chi connectivity index (χ1n) is 23.0. The maximum Gasteiger partial charge on any atom is 0.262 e. The zero-order chi connectivity index (χ0) is 47.5. The van der Waals surface area contributed by atoms with Crippen molar-refractivity contribution in [2.24, 2.45) is 0 Å². The number of methoxy groups -OCH3 is 1. The van der Waals surface area contributed by atoms with Crippen molar-refractivity contribution in [1.82, 2.24) is 4.90 Å². The number of rotatable bonds is 20. The van der Waals surface area contributed by atoms with Crippen LogP contribution in [0.3, 0.4) is 0 Å². The predicted molar refractivity (Wildman–Crippen MR) is 251 cm³/mol. The number of aliphatic hydroxyl groups is 2. The van der Waals surface area contributed by atoms with Gasteiger partial charge in [0.05, 0.1) is 57.9 Å². The first kappa shape index (κ1) is 47.8. The van der Waals surface area contributed by atoms with Crippen molar-refractivity contribution >= 4 is 11.8 Å². The Kier molecular flexibility index (Phi) is 15.8. The van der Waals surface area contributed by atoms with E-state index in [1.807, 2.05) is 121 Å². The van der Waals surface area contributed by atoms with Crippen LogP contribution in [0.1, 0.15) is 43.0 Å². The molecule has 14 heteroatoms. The number of ether oxygens (including phenoxy) is 9. The fourth-order valence-corrected chi connectivity index (χ4v) is 8.79. The quantitative estimate of drug-likeness (QED) is 0.0762. The minimum absolute atomic E-state index is 0.00494. The lowest BCUT2D eigenvalue weighted by Gasteiger charge is -2.47. The fourth-order valence-electron chi connectivity index (χ4n) is 8.79. The molecule has 2 fully saturated rings. The van der Waals surface area contributed by atoms with Crippen LogP contribution >= 0.6 is 0 Å². The van der Waals surface area contributed by atoms with E-state index in [4.69, 9.17) is 42.6 Å². The molecule has 0 unspecified atom stereocenters. The largest absolute Gasteiger partial charge is 0.497 e. The highest BCUT2D eigenvalue weighted by atomic mass is 16.7. The van der Waals surface area contributed by atoms with Gasteiger partial charge in [0, 0.05) is 0 Å². The highest BCUT2D eigenvalue weighted by Gasteiger charge is 2.56. The van der Waals surface area contributed by atoms with Gasteiger partial charge in [0.15, 0.2) is 6.29 Å². The van der Waals surface area contributed by atoms with Crippen LogP contribution in [0, 0.1) is 0 Å². The van der Waals surface area contributed by atoms with Gasteiger partial charge in [-0.1, -0.05) is 133 Å². The van der Waals surface area contributed by atoms with Crippen molar-refractivity contribution in [2.75, 3.05) is 20.3 Å². The van der Waals surface area contributed by atoms with Crippen LogP contribution in [0.2, 0.25) is 0 Å². The Labute approximate surface area is 400 Å². The highest BCUT2D eigenvalue weighted by molar-refractivity contribution is 6.21. The third-order valence-electron chi connectivity index (χ3n) is 12.4. The van der Waals surface area contributed by atoms with Gasteiger partial charge in [0.2, 0.25) is 6.29 Å². The molecule has 2 saturated heterocycles. The average molecular weight is 938 g/mol. The molecule has 2 N–H and O–H groups in total. The zero-order valence-electron chi connectivity index (χ0n) is 38.0. The molecule has 0 radical (unpaired) electrons. The lowest BCUT2D eigenvalue weighted by molar-refractivity contribution is -0.332. The van der Waals surface area contributed by atoms with Crippen molar-refractivity contribution in [1.29, 1.82) is 0 Å². The van der Waals surface area contributed by atoms with E-state index in [9.17, 15) is 19.8 Å². The number of amides is 2.